The third-order valence-electron chi connectivity index (χ3n) is 8.91. The Morgan fingerprint density at radius 2 is 0.729 bits per heavy atom. The standard InChI is InChI=1S/C39H20F10N10/c40-19-13-15-21(23(42)17-19)25-5-1-9-29(50-25)37(30-10-2-6-26(51-30)22-16-14-20(41)18-24(22)43,31-11-3-7-27(52-31)33-54-35(58-56-33)38(44,45)46)32-12-4-8-28(53-32)34-55-36(59-57-34)39(47,48)49/h1-18H,(H,54,56,58)(H,55,57,59). The van der Waals surface area contributed by atoms with Crippen LogP contribution in [0.4, 0.5) is 43.9 Å². The van der Waals surface area contributed by atoms with E-state index >= 15 is 8.78 Å². The molecule has 0 aliphatic heterocycles. The van der Waals surface area contributed by atoms with Crippen molar-refractivity contribution in [1.29, 1.82) is 0 Å². The zero-order valence-corrected chi connectivity index (χ0v) is 29.2. The van der Waals surface area contributed by atoms with Crippen LogP contribution < -0.4 is 0 Å². The van der Waals surface area contributed by atoms with Gasteiger partial charge in [0, 0.05) is 23.3 Å². The van der Waals surface area contributed by atoms with E-state index in [4.69, 9.17) is 9.97 Å². The van der Waals surface area contributed by atoms with E-state index in [9.17, 15) is 35.1 Å². The monoisotopic (exact) mass is 818 g/mol. The molecule has 10 nitrogen and oxygen atoms in total. The van der Waals surface area contributed by atoms with Gasteiger partial charge in [-0.05, 0) is 72.8 Å². The van der Waals surface area contributed by atoms with Gasteiger partial charge < -0.3 is 0 Å². The number of alkyl halides is 6. The Labute approximate surface area is 324 Å². The Morgan fingerprint density at radius 3 is 1.05 bits per heavy atom. The van der Waals surface area contributed by atoms with E-state index < -0.39 is 64.3 Å². The molecule has 8 rings (SSSR count). The molecule has 0 bridgehead atoms. The minimum absolute atomic E-state index is 0.0648. The summed E-state index contributed by atoms with van der Waals surface area (Å²) in [6.45, 7) is 0. The van der Waals surface area contributed by atoms with Crippen LogP contribution in [0.2, 0.25) is 0 Å². The lowest BCUT2D eigenvalue weighted by atomic mass is 9.73. The molecule has 0 aliphatic carbocycles. The third-order valence-corrected chi connectivity index (χ3v) is 8.91. The number of benzene rings is 2. The second-order valence-electron chi connectivity index (χ2n) is 12.6. The first-order chi connectivity index (χ1) is 28.1. The van der Waals surface area contributed by atoms with Gasteiger partial charge in [0.2, 0.25) is 11.6 Å². The van der Waals surface area contributed by atoms with Crippen molar-refractivity contribution in [3.63, 3.8) is 0 Å². The molecular formula is C39H20F10N10. The third kappa shape index (κ3) is 7.23. The van der Waals surface area contributed by atoms with E-state index in [0.717, 1.165) is 24.3 Å². The van der Waals surface area contributed by atoms with Crippen molar-refractivity contribution in [1.82, 2.24) is 50.3 Å². The average molecular weight is 819 g/mol. The highest BCUT2D eigenvalue weighted by Crippen LogP contribution is 2.44. The number of nitrogens with zero attached hydrogens (tertiary/aromatic N) is 8. The summed E-state index contributed by atoms with van der Waals surface area (Å²) in [5.41, 5.74) is -3.38. The van der Waals surface area contributed by atoms with Crippen LogP contribution in [-0.4, -0.2) is 50.3 Å². The Hall–Kier alpha value is -7.38. The number of rotatable bonds is 8. The fourth-order valence-corrected chi connectivity index (χ4v) is 6.31. The Morgan fingerprint density at radius 1 is 0.390 bits per heavy atom. The van der Waals surface area contributed by atoms with Gasteiger partial charge in [0.1, 0.15) is 40.1 Å². The molecule has 0 spiro atoms. The van der Waals surface area contributed by atoms with Crippen LogP contribution in [0, 0.1) is 23.3 Å². The lowest BCUT2D eigenvalue weighted by molar-refractivity contribution is -0.145. The molecule has 0 unspecified atom stereocenters. The van der Waals surface area contributed by atoms with Crippen LogP contribution in [0.25, 0.3) is 45.6 Å². The van der Waals surface area contributed by atoms with Crippen molar-refractivity contribution < 1.29 is 43.9 Å². The molecule has 0 aliphatic rings. The van der Waals surface area contributed by atoms with Gasteiger partial charge in [-0.2, -0.15) is 36.5 Å². The Bertz CT molecular complexity index is 2660. The number of aromatic amines is 2. The molecule has 0 fully saturated rings. The first-order valence-corrected chi connectivity index (χ1v) is 16.9. The number of hydrogen-bond acceptors (Lipinski definition) is 8. The number of pyridine rings is 4. The summed E-state index contributed by atoms with van der Waals surface area (Å²) in [7, 11) is 0. The Balaban J connectivity index is 1.46. The summed E-state index contributed by atoms with van der Waals surface area (Å²) in [6, 6.07) is 22.3. The predicted octanol–water partition coefficient (Wildman–Crippen LogP) is 9.15. The highest BCUT2D eigenvalue weighted by atomic mass is 19.4. The number of H-pyrrole nitrogens is 2. The fourth-order valence-electron chi connectivity index (χ4n) is 6.31. The van der Waals surface area contributed by atoms with E-state index in [2.05, 4.69) is 30.1 Å². The van der Waals surface area contributed by atoms with Crippen LogP contribution >= 0.6 is 0 Å². The van der Waals surface area contributed by atoms with E-state index in [1.54, 1.807) is 0 Å². The number of halogens is 10. The van der Waals surface area contributed by atoms with Crippen molar-refractivity contribution in [3.05, 3.63) is 167 Å². The summed E-state index contributed by atoms with van der Waals surface area (Å²) < 4.78 is 140. The molecule has 296 valence electrons. The molecule has 8 aromatic rings. The predicted molar refractivity (Wildman–Crippen MR) is 187 cm³/mol. The summed E-state index contributed by atoms with van der Waals surface area (Å²) in [5.74, 6) is -7.62. The van der Waals surface area contributed by atoms with Crippen molar-refractivity contribution >= 4 is 0 Å². The highest BCUT2D eigenvalue weighted by molar-refractivity contribution is 5.66. The lowest BCUT2D eigenvalue weighted by Crippen LogP contribution is -2.35. The smallest absolute Gasteiger partial charge is 0.255 e. The molecule has 59 heavy (non-hydrogen) atoms. The number of nitrogens with one attached hydrogen (secondary N) is 2. The molecular weight excluding hydrogens is 798 g/mol. The average Bonchev–Trinajstić information content (AvgIpc) is 3.91. The van der Waals surface area contributed by atoms with E-state index in [0.29, 0.717) is 12.1 Å². The summed E-state index contributed by atoms with van der Waals surface area (Å²) in [6.07, 6.45) is -9.83. The van der Waals surface area contributed by atoms with Gasteiger partial charge in [-0.25, -0.2) is 37.5 Å². The van der Waals surface area contributed by atoms with Gasteiger partial charge in [0.05, 0.1) is 34.2 Å². The lowest BCUT2D eigenvalue weighted by Gasteiger charge is -2.33. The first kappa shape index (κ1) is 38.5. The molecule has 6 aromatic heterocycles. The van der Waals surface area contributed by atoms with Gasteiger partial charge in [0.15, 0.2) is 11.6 Å². The van der Waals surface area contributed by atoms with Gasteiger partial charge in [-0.15, -0.1) is 0 Å². The van der Waals surface area contributed by atoms with Crippen LogP contribution in [0.3, 0.4) is 0 Å². The minimum atomic E-state index is -4.91. The number of aromatic nitrogens is 10. The number of hydrogen-bond donors (Lipinski definition) is 2. The van der Waals surface area contributed by atoms with Crippen molar-refractivity contribution in [2.45, 2.75) is 17.8 Å². The maximum Gasteiger partial charge on any atom is 0.451 e. The van der Waals surface area contributed by atoms with Gasteiger partial charge in [-0.3, -0.25) is 20.2 Å². The summed E-state index contributed by atoms with van der Waals surface area (Å²) in [5, 5.41) is 11.0. The summed E-state index contributed by atoms with van der Waals surface area (Å²) >= 11 is 0. The van der Waals surface area contributed by atoms with Crippen LogP contribution in [-0.2, 0) is 17.8 Å². The van der Waals surface area contributed by atoms with Gasteiger partial charge >= 0.3 is 12.4 Å². The maximum absolute atomic E-state index is 15.3. The van der Waals surface area contributed by atoms with Gasteiger partial charge in [0.25, 0.3) is 0 Å². The molecule has 0 radical (unpaired) electrons. The summed E-state index contributed by atoms with van der Waals surface area (Å²) in [4.78, 5) is 26.0. The zero-order chi connectivity index (χ0) is 41.7. The topological polar surface area (TPSA) is 135 Å². The second kappa shape index (κ2) is 14.5. The van der Waals surface area contributed by atoms with Crippen molar-refractivity contribution in [2.75, 3.05) is 0 Å². The minimum Gasteiger partial charge on any atom is -0.255 e. The van der Waals surface area contributed by atoms with Crippen molar-refractivity contribution in [2.24, 2.45) is 0 Å². The van der Waals surface area contributed by atoms with Crippen LogP contribution in [0.15, 0.2) is 109 Å². The van der Waals surface area contributed by atoms with Crippen molar-refractivity contribution in [3.8, 4) is 45.6 Å². The fraction of sp³-hybridized carbons (Fsp3) is 0.0769. The second-order valence-corrected chi connectivity index (χ2v) is 12.6. The first-order valence-electron chi connectivity index (χ1n) is 16.9. The van der Waals surface area contributed by atoms with Gasteiger partial charge in [-0.1, -0.05) is 24.3 Å². The normalized spacial score (nSPS) is 12.2. The van der Waals surface area contributed by atoms with E-state index in [-0.39, 0.29) is 56.7 Å². The maximum atomic E-state index is 15.3. The quantitative estimate of drug-likeness (QED) is 0.145. The molecule has 6 heterocycles. The largest absolute Gasteiger partial charge is 0.451 e. The molecule has 20 heteroatoms. The van der Waals surface area contributed by atoms with Crippen LogP contribution in [0.5, 0.6) is 0 Å². The molecule has 2 N–H and O–H groups in total. The van der Waals surface area contributed by atoms with E-state index in [1.807, 2.05) is 10.2 Å². The molecule has 0 amide bonds. The van der Waals surface area contributed by atoms with E-state index in [1.165, 1.54) is 72.8 Å². The molecule has 2 aromatic carbocycles. The SMILES string of the molecule is Fc1ccc(-c2cccc(C(c3cccc(-c4n[nH]c(C(F)(F)F)n4)n3)(c3cccc(-c4n[nH]c(C(F)(F)F)n4)n3)c3cccc(-c4ccc(F)cc4F)n3)n2)c(F)c1. The van der Waals surface area contributed by atoms with Crippen LogP contribution in [0.1, 0.15) is 34.4 Å². The zero-order valence-electron chi connectivity index (χ0n) is 29.2. The Kier molecular flexibility index (Phi) is 9.48. The molecule has 0 saturated heterocycles. The molecule has 0 atom stereocenters. The highest BCUT2D eigenvalue weighted by Gasteiger charge is 2.46. The molecule has 0 saturated carbocycles.